The lowest BCUT2D eigenvalue weighted by molar-refractivity contribution is 0.318. The highest BCUT2D eigenvalue weighted by atomic mass is 16.4. The molecule has 0 radical (unpaired) electrons. The first-order valence-electron chi connectivity index (χ1n) is 4.77. The second kappa shape index (κ2) is 4.97. The monoisotopic (exact) mass is 214 g/mol. The van der Waals surface area contributed by atoms with E-state index < -0.39 is 0 Å². The average molecular weight is 214 g/mol. The first kappa shape index (κ1) is 10.2. The predicted molar refractivity (Wildman–Crippen MR) is 58.3 cm³/mol. The van der Waals surface area contributed by atoms with Gasteiger partial charge in [0.15, 0.2) is 0 Å². The van der Waals surface area contributed by atoms with Gasteiger partial charge in [0.25, 0.3) is 0 Å². The summed E-state index contributed by atoms with van der Waals surface area (Å²) in [5, 5.41) is 12.2. The van der Waals surface area contributed by atoms with Crippen molar-refractivity contribution in [2.24, 2.45) is 5.16 Å². The molecule has 0 saturated heterocycles. The molecule has 2 rings (SSSR count). The molecule has 2 aromatic rings. The van der Waals surface area contributed by atoms with Crippen LogP contribution in [0.4, 0.5) is 0 Å². The lowest BCUT2D eigenvalue weighted by Crippen LogP contribution is -2.08. The Morgan fingerprint density at radius 2 is 2.12 bits per heavy atom. The van der Waals surface area contributed by atoms with Gasteiger partial charge in [-0.05, 0) is 12.1 Å². The molecular weight excluding hydrogens is 204 g/mol. The number of hydrogen-bond acceptors (Lipinski definition) is 5. The van der Waals surface area contributed by atoms with E-state index in [0.29, 0.717) is 17.8 Å². The largest absolute Gasteiger partial charge is 0.411 e. The summed E-state index contributed by atoms with van der Waals surface area (Å²) in [7, 11) is 0. The zero-order valence-electron chi connectivity index (χ0n) is 8.48. The standard InChI is InChI=1S/C11H10N4O/c16-15-11(10-3-1-2-4-14-10)7-9-8-12-5-6-13-9/h1-6,8,16H,7H2/b15-11-. The van der Waals surface area contributed by atoms with Gasteiger partial charge < -0.3 is 5.21 Å². The van der Waals surface area contributed by atoms with Crippen molar-refractivity contribution in [2.75, 3.05) is 0 Å². The van der Waals surface area contributed by atoms with Crippen LogP contribution in [0.1, 0.15) is 11.4 Å². The van der Waals surface area contributed by atoms with Gasteiger partial charge in [-0.25, -0.2) is 0 Å². The molecule has 0 atom stereocenters. The number of oxime groups is 1. The SMILES string of the molecule is O/N=C(/Cc1cnccn1)c1ccccn1. The minimum absolute atomic E-state index is 0.404. The Bertz CT molecular complexity index is 470. The van der Waals surface area contributed by atoms with Crippen molar-refractivity contribution in [3.8, 4) is 0 Å². The molecule has 2 aromatic heterocycles. The second-order valence-electron chi connectivity index (χ2n) is 3.14. The molecule has 0 saturated carbocycles. The van der Waals surface area contributed by atoms with Crippen molar-refractivity contribution < 1.29 is 5.21 Å². The number of nitrogens with zero attached hydrogens (tertiary/aromatic N) is 4. The summed E-state index contributed by atoms with van der Waals surface area (Å²) >= 11 is 0. The Hall–Kier alpha value is -2.30. The molecule has 1 N–H and O–H groups in total. The van der Waals surface area contributed by atoms with E-state index in [9.17, 15) is 0 Å². The van der Waals surface area contributed by atoms with E-state index in [1.54, 1.807) is 36.9 Å². The highest BCUT2D eigenvalue weighted by molar-refractivity contribution is 5.99. The van der Waals surface area contributed by atoms with Crippen LogP contribution in [0.25, 0.3) is 0 Å². The van der Waals surface area contributed by atoms with Crippen molar-refractivity contribution in [2.45, 2.75) is 6.42 Å². The fourth-order valence-electron chi connectivity index (χ4n) is 1.30. The molecule has 0 amide bonds. The van der Waals surface area contributed by atoms with Crippen LogP contribution in [0, 0.1) is 0 Å². The lowest BCUT2D eigenvalue weighted by Gasteiger charge is -2.02. The molecule has 0 unspecified atom stereocenters. The molecule has 80 valence electrons. The van der Waals surface area contributed by atoms with Crippen molar-refractivity contribution >= 4 is 5.71 Å². The lowest BCUT2D eigenvalue weighted by atomic mass is 10.1. The maximum atomic E-state index is 8.94. The molecule has 2 heterocycles. The second-order valence-corrected chi connectivity index (χ2v) is 3.14. The molecule has 5 nitrogen and oxygen atoms in total. The van der Waals surface area contributed by atoms with Gasteiger partial charge in [-0.15, -0.1) is 0 Å². The van der Waals surface area contributed by atoms with Gasteiger partial charge in [-0.2, -0.15) is 0 Å². The normalized spacial score (nSPS) is 11.4. The Labute approximate surface area is 92.5 Å². The van der Waals surface area contributed by atoms with Crippen LogP contribution in [-0.4, -0.2) is 25.9 Å². The third kappa shape index (κ3) is 2.38. The fraction of sp³-hybridized carbons (Fsp3) is 0.0909. The molecule has 0 spiro atoms. The van der Waals surface area contributed by atoms with E-state index in [0.717, 1.165) is 5.69 Å². The molecule has 0 aliphatic heterocycles. The van der Waals surface area contributed by atoms with E-state index in [-0.39, 0.29) is 0 Å². The highest BCUT2D eigenvalue weighted by Crippen LogP contribution is 2.02. The number of aromatic nitrogens is 3. The minimum atomic E-state index is 0.404. The van der Waals surface area contributed by atoms with E-state index in [1.807, 2.05) is 6.07 Å². The van der Waals surface area contributed by atoms with Crippen molar-refractivity contribution in [3.63, 3.8) is 0 Å². The van der Waals surface area contributed by atoms with Crippen LogP contribution < -0.4 is 0 Å². The molecule has 0 fully saturated rings. The summed E-state index contributed by atoms with van der Waals surface area (Å²) in [4.78, 5) is 12.2. The zero-order valence-corrected chi connectivity index (χ0v) is 8.48. The van der Waals surface area contributed by atoms with Crippen molar-refractivity contribution in [1.82, 2.24) is 15.0 Å². The fourth-order valence-corrected chi connectivity index (χ4v) is 1.30. The molecular formula is C11H10N4O. The maximum absolute atomic E-state index is 8.94. The summed E-state index contributed by atoms with van der Waals surface area (Å²) in [6.45, 7) is 0. The summed E-state index contributed by atoms with van der Waals surface area (Å²) in [6.07, 6.45) is 6.88. The zero-order chi connectivity index (χ0) is 11.2. The third-order valence-corrected chi connectivity index (χ3v) is 2.05. The van der Waals surface area contributed by atoms with Gasteiger partial charge in [-0.3, -0.25) is 15.0 Å². The van der Waals surface area contributed by atoms with E-state index >= 15 is 0 Å². The Balaban J connectivity index is 2.20. The van der Waals surface area contributed by atoms with Crippen LogP contribution in [0.5, 0.6) is 0 Å². The quantitative estimate of drug-likeness (QED) is 0.475. The molecule has 0 aliphatic rings. The highest BCUT2D eigenvalue weighted by Gasteiger charge is 2.07. The van der Waals surface area contributed by atoms with Crippen LogP contribution >= 0.6 is 0 Å². The summed E-state index contributed by atoms with van der Waals surface area (Å²) in [5.41, 5.74) is 1.85. The van der Waals surface area contributed by atoms with Crippen LogP contribution in [-0.2, 0) is 6.42 Å². The maximum Gasteiger partial charge on any atom is 0.111 e. The molecule has 0 aliphatic carbocycles. The van der Waals surface area contributed by atoms with Gasteiger partial charge in [0, 0.05) is 31.2 Å². The predicted octanol–water partition coefficient (Wildman–Crippen LogP) is 1.29. The summed E-state index contributed by atoms with van der Waals surface area (Å²) in [6, 6.07) is 5.43. The van der Waals surface area contributed by atoms with Crippen LogP contribution in [0.15, 0.2) is 48.1 Å². The first-order valence-corrected chi connectivity index (χ1v) is 4.77. The smallest absolute Gasteiger partial charge is 0.111 e. The van der Waals surface area contributed by atoms with Crippen molar-refractivity contribution in [3.05, 3.63) is 54.4 Å². The van der Waals surface area contributed by atoms with E-state index in [1.165, 1.54) is 0 Å². The van der Waals surface area contributed by atoms with Gasteiger partial charge in [0.1, 0.15) is 5.71 Å². The van der Waals surface area contributed by atoms with Gasteiger partial charge in [-0.1, -0.05) is 11.2 Å². The molecule has 5 heteroatoms. The van der Waals surface area contributed by atoms with Gasteiger partial charge >= 0.3 is 0 Å². The summed E-state index contributed by atoms with van der Waals surface area (Å²) in [5.74, 6) is 0. The van der Waals surface area contributed by atoms with Crippen LogP contribution in [0.2, 0.25) is 0 Å². The Morgan fingerprint density at radius 3 is 2.75 bits per heavy atom. The Morgan fingerprint density at radius 1 is 1.19 bits per heavy atom. The molecule has 0 aromatic carbocycles. The molecule has 16 heavy (non-hydrogen) atoms. The Kier molecular flexibility index (Phi) is 3.18. The van der Waals surface area contributed by atoms with Gasteiger partial charge in [0.05, 0.1) is 11.4 Å². The first-order chi connectivity index (χ1) is 7.90. The summed E-state index contributed by atoms with van der Waals surface area (Å²) < 4.78 is 0. The van der Waals surface area contributed by atoms with E-state index in [2.05, 4.69) is 20.1 Å². The van der Waals surface area contributed by atoms with Crippen molar-refractivity contribution in [1.29, 1.82) is 0 Å². The topological polar surface area (TPSA) is 71.3 Å². The third-order valence-electron chi connectivity index (χ3n) is 2.05. The minimum Gasteiger partial charge on any atom is -0.411 e. The number of pyridine rings is 1. The number of hydrogen-bond donors (Lipinski definition) is 1. The average Bonchev–Trinajstić information content (AvgIpc) is 2.38. The van der Waals surface area contributed by atoms with Crippen LogP contribution in [0.3, 0.4) is 0 Å². The van der Waals surface area contributed by atoms with E-state index in [4.69, 9.17) is 5.21 Å². The number of rotatable bonds is 3. The molecule has 0 bridgehead atoms. The van der Waals surface area contributed by atoms with Gasteiger partial charge in [0.2, 0.25) is 0 Å².